The molecular formula is C25H28Cl2N8O3. The minimum Gasteiger partial charge on any atom is -0.471 e. The van der Waals surface area contributed by atoms with Crippen molar-refractivity contribution in [2.75, 3.05) is 43.4 Å². The van der Waals surface area contributed by atoms with Gasteiger partial charge in [0.05, 0.1) is 28.1 Å². The molecule has 0 unspecified atom stereocenters. The third kappa shape index (κ3) is 5.90. The van der Waals surface area contributed by atoms with E-state index in [9.17, 15) is 4.79 Å². The standard InChI is InChI=1S/C25H28Cl2N8O3/c1-3-37-25(36)35-8-6-34(7-9-35)24-32-11-15(12-33-24)22(29)17-10-16(4-5-19(17)28)38-23(30)20-18(26)13-31-14(2)21(20)27/h4-5,10-13,23,29H,3,6-9,28,30H2,1-2H3/t23-/m0/s1. The first kappa shape index (κ1) is 27.4. The Morgan fingerprint density at radius 2 is 1.82 bits per heavy atom. The number of nitrogens with zero attached hydrogens (tertiary/aromatic N) is 5. The molecule has 1 aliphatic heterocycles. The molecule has 5 N–H and O–H groups in total. The summed E-state index contributed by atoms with van der Waals surface area (Å²) >= 11 is 12.6. The molecule has 1 aromatic carbocycles. The van der Waals surface area contributed by atoms with Crippen LogP contribution in [0.3, 0.4) is 0 Å². The summed E-state index contributed by atoms with van der Waals surface area (Å²) in [5, 5.41) is 9.33. The number of aryl methyl sites for hydroxylation is 1. The van der Waals surface area contributed by atoms with Crippen LogP contribution in [0.2, 0.25) is 10.0 Å². The lowest BCUT2D eigenvalue weighted by Gasteiger charge is -2.33. The number of carbonyl (C=O) groups is 1. The Bertz CT molecular complexity index is 1330. The predicted octanol–water partition coefficient (Wildman–Crippen LogP) is 3.80. The van der Waals surface area contributed by atoms with Crippen LogP contribution in [-0.4, -0.2) is 64.4 Å². The van der Waals surface area contributed by atoms with E-state index < -0.39 is 6.23 Å². The molecule has 0 saturated carbocycles. The quantitative estimate of drug-likeness (QED) is 0.223. The Morgan fingerprint density at radius 3 is 2.47 bits per heavy atom. The second kappa shape index (κ2) is 11.8. The van der Waals surface area contributed by atoms with Crippen molar-refractivity contribution in [1.82, 2.24) is 19.9 Å². The Kier molecular flexibility index (Phi) is 8.50. The van der Waals surface area contributed by atoms with Gasteiger partial charge in [0, 0.05) is 67.1 Å². The number of amides is 1. The van der Waals surface area contributed by atoms with Gasteiger partial charge in [-0.05, 0) is 32.0 Å². The van der Waals surface area contributed by atoms with E-state index in [0.29, 0.717) is 77.6 Å². The molecule has 1 fully saturated rings. The third-order valence-electron chi connectivity index (χ3n) is 6.04. The fourth-order valence-electron chi connectivity index (χ4n) is 3.94. The summed E-state index contributed by atoms with van der Waals surface area (Å²) in [6.07, 6.45) is 3.33. The average molecular weight is 559 g/mol. The molecule has 0 bridgehead atoms. The lowest BCUT2D eigenvalue weighted by Crippen LogP contribution is -2.49. The lowest BCUT2D eigenvalue weighted by atomic mass is 10.0. The first-order valence-corrected chi connectivity index (χ1v) is 12.7. The number of nitrogens with one attached hydrogen (secondary N) is 1. The van der Waals surface area contributed by atoms with Crippen LogP contribution in [0.4, 0.5) is 16.4 Å². The number of nitrogen functional groups attached to an aromatic ring is 1. The van der Waals surface area contributed by atoms with Crippen LogP contribution in [0, 0.1) is 12.3 Å². The normalized spacial score (nSPS) is 14.2. The minimum absolute atomic E-state index is 0.121. The van der Waals surface area contributed by atoms with Crippen LogP contribution in [0.15, 0.2) is 36.8 Å². The second-order valence-corrected chi connectivity index (χ2v) is 9.31. The number of piperazine rings is 1. The third-order valence-corrected chi connectivity index (χ3v) is 6.82. The van der Waals surface area contributed by atoms with Gasteiger partial charge in [0.2, 0.25) is 5.95 Å². The van der Waals surface area contributed by atoms with Crippen molar-refractivity contribution in [2.45, 2.75) is 20.1 Å². The zero-order valence-corrected chi connectivity index (χ0v) is 22.5. The van der Waals surface area contributed by atoms with E-state index in [1.54, 1.807) is 49.3 Å². The lowest BCUT2D eigenvalue weighted by molar-refractivity contribution is 0.105. The van der Waals surface area contributed by atoms with Gasteiger partial charge in [0.15, 0.2) is 6.23 Å². The van der Waals surface area contributed by atoms with Gasteiger partial charge in [-0.25, -0.2) is 14.8 Å². The molecule has 1 atom stereocenters. The number of hydrogen-bond acceptors (Lipinski definition) is 10. The van der Waals surface area contributed by atoms with E-state index in [2.05, 4.69) is 15.0 Å². The zero-order chi connectivity index (χ0) is 27.4. The number of aromatic nitrogens is 3. The molecule has 200 valence electrons. The van der Waals surface area contributed by atoms with Crippen LogP contribution >= 0.6 is 23.2 Å². The second-order valence-electron chi connectivity index (χ2n) is 8.53. The van der Waals surface area contributed by atoms with Crippen molar-refractivity contribution >= 4 is 46.6 Å². The minimum atomic E-state index is -0.964. The highest BCUT2D eigenvalue weighted by atomic mass is 35.5. The fraction of sp³-hybridized carbons (Fsp3) is 0.320. The summed E-state index contributed by atoms with van der Waals surface area (Å²) in [6.45, 7) is 6.05. The van der Waals surface area contributed by atoms with Gasteiger partial charge in [-0.15, -0.1) is 0 Å². The predicted molar refractivity (Wildman–Crippen MR) is 146 cm³/mol. The number of anilines is 2. The van der Waals surface area contributed by atoms with Crippen LogP contribution < -0.4 is 21.1 Å². The van der Waals surface area contributed by atoms with Crippen molar-refractivity contribution in [3.8, 4) is 5.75 Å². The molecule has 1 amide bonds. The molecule has 4 rings (SSSR count). The molecule has 1 aliphatic rings. The maximum absolute atomic E-state index is 11.9. The van der Waals surface area contributed by atoms with E-state index in [0.717, 1.165) is 0 Å². The van der Waals surface area contributed by atoms with Crippen molar-refractivity contribution in [1.29, 1.82) is 5.41 Å². The number of halogens is 2. The van der Waals surface area contributed by atoms with Crippen molar-refractivity contribution in [3.05, 3.63) is 69.2 Å². The van der Waals surface area contributed by atoms with Gasteiger partial charge in [-0.2, -0.15) is 0 Å². The summed E-state index contributed by atoms with van der Waals surface area (Å²) in [4.78, 5) is 28.5. The molecule has 0 spiro atoms. The maximum Gasteiger partial charge on any atom is 0.409 e. The van der Waals surface area contributed by atoms with E-state index in [1.807, 2.05) is 4.90 Å². The highest BCUT2D eigenvalue weighted by Gasteiger charge is 2.24. The molecule has 38 heavy (non-hydrogen) atoms. The first-order chi connectivity index (χ1) is 18.2. The summed E-state index contributed by atoms with van der Waals surface area (Å²) in [6, 6.07) is 4.90. The van der Waals surface area contributed by atoms with Gasteiger partial charge in [0.1, 0.15) is 5.75 Å². The summed E-state index contributed by atoms with van der Waals surface area (Å²) in [5.74, 6) is 0.896. The molecular weight excluding hydrogens is 531 g/mol. The van der Waals surface area contributed by atoms with Crippen molar-refractivity contribution in [3.63, 3.8) is 0 Å². The molecule has 3 aromatic rings. The summed E-state index contributed by atoms with van der Waals surface area (Å²) in [7, 11) is 0. The number of rotatable bonds is 7. The first-order valence-electron chi connectivity index (χ1n) is 11.9. The van der Waals surface area contributed by atoms with E-state index in [4.69, 9.17) is 49.6 Å². The number of benzene rings is 1. The van der Waals surface area contributed by atoms with Gasteiger partial charge < -0.3 is 25.0 Å². The molecule has 0 radical (unpaired) electrons. The van der Waals surface area contributed by atoms with Crippen molar-refractivity contribution in [2.24, 2.45) is 5.73 Å². The van der Waals surface area contributed by atoms with E-state index >= 15 is 0 Å². The Hall–Kier alpha value is -3.67. The number of ether oxygens (including phenoxy) is 2. The number of pyridine rings is 1. The average Bonchev–Trinajstić information content (AvgIpc) is 2.92. The molecule has 3 heterocycles. The maximum atomic E-state index is 11.9. The number of nitrogens with two attached hydrogens (primary N) is 2. The van der Waals surface area contributed by atoms with Gasteiger partial charge in [-0.3, -0.25) is 16.1 Å². The Morgan fingerprint density at radius 1 is 1.13 bits per heavy atom. The summed E-state index contributed by atoms with van der Waals surface area (Å²) < 4.78 is 10.9. The smallest absolute Gasteiger partial charge is 0.409 e. The Balaban J connectivity index is 1.46. The molecule has 11 nitrogen and oxygen atoms in total. The van der Waals surface area contributed by atoms with Gasteiger partial charge in [0.25, 0.3) is 0 Å². The monoisotopic (exact) mass is 558 g/mol. The van der Waals surface area contributed by atoms with Gasteiger partial charge in [-0.1, -0.05) is 23.2 Å². The Labute approximate surface area is 230 Å². The molecule has 2 aromatic heterocycles. The highest BCUT2D eigenvalue weighted by molar-refractivity contribution is 6.36. The highest BCUT2D eigenvalue weighted by Crippen LogP contribution is 2.33. The molecule has 0 aliphatic carbocycles. The van der Waals surface area contributed by atoms with Crippen LogP contribution in [0.25, 0.3) is 0 Å². The van der Waals surface area contributed by atoms with Crippen LogP contribution in [0.5, 0.6) is 5.75 Å². The topological polar surface area (TPSA) is 157 Å². The largest absolute Gasteiger partial charge is 0.471 e. The number of carbonyl (C=O) groups excluding carboxylic acids is 1. The van der Waals surface area contributed by atoms with Crippen LogP contribution in [-0.2, 0) is 4.74 Å². The zero-order valence-electron chi connectivity index (χ0n) is 20.9. The SMILES string of the molecule is CCOC(=O)N1CCN(c2ncc(C(=N)c3cc(O[C@H](N)c4c(Cl)cnc(C)c4Cl)ccc3N)cn2)CC1. The van der Waals surface area contributed by atoms with Crippen molar-refractivity contribution < 1.29 is 14.3 Å². The van der Waals surface area contributed by atoms with E-state index in [-0.39, 0.29) is 16.8 Å². The van der Waals surface area contributed by atoms with Crippen LogP contribution in [0.1, 0.15) is 35.5 Å². The number of hydrogen-bond donors (Lipinski definition) is 3. The van der Waals surface area contributed by atoms with Gasteiger partial charge >= 0.3 is 6.09 Å². The molecule has 13 heteroatoms. The van der Waals surface area contributed by atoms with E-state index in [1.165, 1.54) is 6.20 Å². The fourth-order valence-corrected chi connectivity index (χ4v) is 4.50. The summed E-state index contributed by atoms with van der Waals surface area (Å²) in [5.41, 5.74) is 14.8. The molecule has 1 saturated heterocycles.